The molecule has 1 aliphatic rings. The Hall–Kier alpha value is -2.30. The average molecular weight is 503 g/mol. The summed E-state index contributed by atoms with van der Waals surface area (Å²) in [6.45, 7) is 3.97. The molecule has 1 aliphatic heterocycles. The van der Waals surface area contributed by atoms with E-state index in [-0.39, 0.29) is 28.7 Å². The molecule has 0 amide bonds. The summed E-state index contributed by atoms with van der Waals surface area (Å²) in [5, 5.41) is 12.7. The van der Waals surface area contributed by atoms with Gasteiger partial charge in [0, 0.05) is 6.42 Å². The van der Waals surface area contributed by atoms with Gasteiger partial charge in [-0.2, -0.15) is 9.97 Å². The molecule has 5 atom stereocenters. The van der Waals surface area contributed by atoms with Gasteiger partial charge in [0.25, 0.3) is 0 Å². The zero-order chi connectivity index (χ0) is 24.6. The molecule has 1 unspecified atom stereocenters. The Labute approximate surface area is 194 Å². The fourth-order valence-corrected chi connectivity index (χ4v) is 4.40. The molecule has 0 saturated carbocycles. The maximum absolute atomic E-state index is 12.4. The molecule has 0 radical (unpaired) electrons. The number of anilines is 1. The first-order valence-corrected chi connectivity index (χ1v) is 11.8. The van der Waals surface area contributed by atoms with Crippen molar-refractivity contribution in [3.63, 3.8) is 0 Å². The van der Waals surface area contributed by atoms with Crippen LogP contribution in [-0.4, -0.2) is 65.9 Å². The molecule has 1 saturated heterocycles. The molecule has 0 aliphatic carbocycles. The van der Waals surface area contributed by atoms with E-state index in [0.717, 1.165) is 0 Å². The molecule has 3 heterocycles. The van der Waals surface area contributed by atoms with Crippen LogP contribution in [0.15, 0.2) is 6.33 Å². The molecule has 15 heteroatoms. The minimum Gasteiger partial charge on any atom is -0.462 e. The topological polar surface area (TPSA) is 184 Å². The number of rotatable bonds is 8. The summed E-state index contributed by atoms with van der Waals surface area (Å²) >= 11 is 5.88. The van der Waals surface area contributed by atoms with Crippen LogP contribution in [0.2, 0.25) is 5.28 Å². The van der Waals surface area contributed by atoms with Crippen molar-refractivity contribution < 1.29 is 33.4 Å². The van der Waals surface area contributed by atoms with E-state index in [0.29, 0.717) is 0 Å². The first kappa shape index (κ1) is 25.3. The van der Waals surface area contributed by atoms with Gasteiger partial charge in [-0.3, -0.25) is 13.9 Å². The highest BCUT2D eigenvalue weighted by Crippen LogP contribution is 2.43. The van der Waals surface area contributed by atoms with Gasteiger partial charge >= 0.3 is 13.7 Å². The van der Waals surface area contributed by atoms with Gasteiger partial charge in [0.15, 0.2) is 17.1 Å². The van der Waals surface area contributed by atoms with Gasteiger partial charge in [-0.25, -0.2) is 14.6 Å². The van der Waals surface area contributed by atoms with Crippen molar-refractivity contribution in [2.45, 2.75) is 57.3 Å². The number of nitrogens with one attached hydrogen (secondary N) is 1. The van der Waals surface area contributed by atoms with Crippen LogP contribution in [0.5, 0.6) is 0 Å². The number of nitrogens with zero attached hydrogens (tertiary/aromatic N) is 4. The van der Waals surface area contributed by atoms with E-state index in [1.165, 1.54) is 17.8 Å². The second kappa shape index (κ2) is 9.52. The van der Waals surface area contributed by atoms with Crippen LogP contribution in [0.1, 0.15) is 33.4 Å². The van der Waals surface area contributed by atoms with E-state index in [1.54, 1.807) is 13.8 Å². The molecule has 13 nitrogen and oxygen atoms in total. The normalized spacial score (nSPS) is 25.6. The Morgan fingerprint density at radius 2 is 2.24 bits per heavy atom. The van der Waals surface area contributed by atoms with Crippen LogP contribution < -0.4 is 10.8 Å². The molecule has 0 bridgehead atoms. The highest BCUT2D eigenvalue weighted by Gasteiger charge is 2.49. The number of hydrogen-bond donors (Lipinski definition) is 4. The molecule has 33 heavy (non-hydrogen) atoms. The first-order chi connectivity index (χ1) is 15.4. The predicted molar refractivity (Wildman–Crippen MR) is 117 cm³/mol. The Morgan fingerprint density at radius 1 is 1.55 bits per heavy atom. The van der Waals surface area contributed by atoms with Crippen molar-refractivity contribution in [2.24, 2.45) is 0 Å². The number of imidazole rings is 1. The van der Waals surface area contributed by atoms with Crippen LogP contribution in [0.3, 0.4) is 0 Å². The summed E-state index contributed by atoms with van der Waals surface area (Å²) in [6.07, 6.45) is 4.42. The van der Waals surface area contributed by atoms with E-state index < -0.39 is 50.4 Å². The average Bonchev–Trinajstić information content (AvgIpc) is 3.27. The molecule has 0 aromatic carbocycles. The van der Waals surface area contributed by atoms with Crippen molar-refractivity contribution >= 4 is 42.3 Å². The number of hydrogen-bond acceptors (Lipinski definition) is 10. The predicted octanol–water partition coefficient (Wildman–Crippen LogP) is 0.760. The van der Waals surface area contributed by atoms with Gasteiger partial charge in [-0.1, -0.05) is 5.92 Å². The van der Waals surface area contributed by atoms with Crippen LogP contribution in [0, 0.1) is 12.3 Å². The third-order valence-electron chi connectivity index (χ3n) is 4.80. The Kier molecular flexibility index (Phi) is 7.30. The molecule has 1 fully saturated rings. The number of fused-ring (bicyclic) bond motifs is 1. The number of carbonyl (C=O) groups excluding carboxylic acids is 1. The summed E-state index contributed by atoms with van der Waals surface area (Å²) in [7, 11) is -4.52. The number of aliphatic hydroxyl groups excluding tert-OH is 1. The zero-order valence-electron chi connectivity index (χ0n) is 18.0. The summed E-state index contributed by atoms with van der Waals surface area (Å²) in [5.74, 6) is 1.62. The van der Waals surface area contributed by atoms with Gasteiger partial charge in [0.05, 0.1) is 12.4 Å². The number of aromatic nitrogens is 4. The lowest BCUT2D eigenvalue weighted by molar-refractivity contribution is -0.149. The highest BCUT2D eigenvalue weighted by atomic mass is 35.5. The van der Waals surface area contributed by atoms with Gasteiger partial charge in [0.1, 0.15) is 30.5 Å². The third-order valence-corrected chi connectivity index (χ3v) is 6.16. The molecule has 3 rings (SSSR count). The highest BCUT2D eigenvalue weighted by molar-refractivity contribution is 7.50. The Balaban J connectivity index is 1.74. The van der Waals surface area contributed by atoms with Gasteiger partial charge in [-0.05, 0) is 32.4 Å². The lowest BCUT2D eigenvalue weighted by atomic mass is 9.99. The van der Waals surface area contributed by atoms with Crippen LogP contribution in [0.4, 0.5) is 5.82 Å². The van der Waals surface area contributed by atoms with E-state index in [2.05, 4.69) is 26.0 Å². The quantitative estimate of drug-likeness (QED) is 0.172. The molecular weight excluding hydrogens is 479 g/mol. The summed E-state index contributed by atoms with van der Waals surface area (Å²) in [6, 6.07) is -1.14. The fraction of sp³-hybridized carbons (Fsp3) is 0.556. The van der Waals surface area contributed by atoms with Crippen LogP contribution in [-0.2, 0) is 23.4 Å². The van der Waals surface area contributed by atoms with Gasteiger partial charge < -0.3 is 25.2 Å². The lowest BCUT2D eigenvalue weighted by Crippen LogP contribution is -2.43. The van der Waals surface area contributed by atoms with E-state index >= 15 is 0 Å². The monoisotopic (exact) mass is 502 g/mol. The van der Waals surface area contributed by atoms with Crippen LogP contribution in [0.25, 0.3) is 11.2 Å². The van der Waals surface area contributed by atoms with Crippen molar-refractivity contribution in [1.82, 2.24) is 24.6 Å². The number of nitrogen functional groups attached to an aromatic ring is 1. The number of ether oxygens (including phenoxy) is 2. The molecule has 180 valence electrons. The van der Waals surface area contributed by atoms with E-state index in [9.17, 15) is 19.4 Å². The Bertz CT molecular complexity index is 1140. The van der Waals surface area contributed by atoms with Crippen LogP contribution >= 0.6 is 19.3 Å². The van der Waals surface area contributed by atoms with E-state index in [4.69, 9.17) is 37.8 Å². The number of terminal acetylenes is 1. The number of aliphatic hydroxyl groups is 1. The SMILES string of the molecule is C#C[C@]1(COP(=O)(O)N[C@H](C)C(=O)OC(C)C)O[C@@H](n2cnc3c(N)nc(Cl)nc32)C[C@@H]1O. The number of carbonyl (C=O) groups is 1. The molecule has 2 aromatic rings. The maximum Gasteiger partial charge on any atom is 0.403 e. The van der Waals surface area contributed by atoms with Crippen molar-refractivity contribution in [1.29, 1.82) is 0 Å². The van der Waals surface area contributed by atoms with Crippen molar-refractivity contribution in [2.75, 3.05) is 12.3 Å². The smallest absolute Gasteiger partial charge is 0.403 e. The fourth-order valence-electron chi connectivity index (χ4n) is 3.20. The second-order valence-electron chi connectivity index (χ2n) is 7.69. The summed E-state index contributed by atoms with van der Waals surface area (Å²) < 4.78 is 29.8. The summed E-state index contributed by atoms with van der Waals surface area (Å²) in [5.41, 5.74) is 4.56. The minimum absolute atomic E-state index is 0.0131. The number of esters is 1. The number of halogens is 1. The lowest BCUT2D eigenvalue weighted by Gasteiger charge is -2.28. The van der Waals surface area contributed by atoms with Crippen molar-refractivity contribution in [3.05, 3.63) is 11.6 Å². The summed E-state index contributed by atoms with van der Waals surface area (Å²) in [4.78, 5) is 34.0. The largest absolute Gasteiger partial charge is 0.462 e. The molecular formula is C18H24ClN6O7P. The second-order valence-corrected chi connectivity index (χ2v) is 9.59. The first-order valence-electron chi connectivity index (χ1n) is 9.82. The minimum atomic E-state index is -4.52. The molecule has 2 aromatic heterocycles. The van der Waals surface area contributed by atoms with Gasteiger partial charge in [0.2, 0.25) is 5.28 Å². The van der Waals surface area contributed by atoms with Gasteiger partial charge in [-0.15, -0.1) is 6.42 Å². The Morgan fingerprint density at radius 3 is 2.88 bits per heavy atom. The molecule has 5 N–H and O–H groups in total. The zero-order valence-corrected chi connectivity index (χ0v) is 19.7. The third kappa shape index (κ3) is 5.44. The number of nitrogens with two attached hydrogens (primary N) is 1. The standard InChI is InChI=1S/C18H24ClN6O7P/c1-5-18(7-30-33(28,29)24-10(4)16(27)31-9(2)3)11(26)6-12(32-18)25-8-21-13-14(20)22-17(19)23-15(13)25/h1,8-12,26H,6-7H2,2-4H3,(H2,20,22,23)(H2,24,28,29)/t10-,11+,12-,18-/m1/s1. The van der Waals surface area contributed by atoms with E-state index in [1.807, 2.05) is 0 Å². The van der Waals surface area contributed by atoms with Crippen molar-refractivity contribution in [3.8, 4) is 12.3 Å². The maximum atomic E-state index is 12.4. The molecule has 0 spiro atoms.